The predicted molar refractivity (Wildman–Crippen MR) is 86.5 cm³/mol. The van der Waals surface area contributed by atoms with Crippen molar-refractivity contribution >= 4 is 34.7 Å². The van der Waals surface area contributed by atoms with E-state index in [1.165, 1.54) is 11.8 Å². The number of aliphatic hydroxyl groups excluding tert-OH is 2. The van der Waals surface area contributed by atoms with Crippen LogP contribution in [-0.4, -0.2) is 54.2 Å². The number of nitrogens with one attached hydrogen (secondary N) is 1. The summed E-state index contributed by atoms with van der Waals surface area (Å²) >= 11 is 1.51. The molecule has 2 aromatic heterocycles. The van der Waals surface area contributed by atoms with Crippen LogP contribution >= 0.6 is 11.8 Å². The molecule has 0 bridgehead atoms. The Labute approximate surface area is 131 Å². The third-order valence-electron chi connectivity index (χ3n) is 3.55. The predicted octanol–water partition coefficient (Wildman–Crippen LogP) is 0.364. The smallest absolute Gasteiger partial charge is 0.224 e. The molecule has 1 fully saturated rings. The van der Waals surface area contributed by atoms with Crippen molar-refractivity contribution in [2.75, 3.05) is 24.2 Å². The zero-order valence-corrected chi connectivity index (χ0v) is 12.7. The molecule has 118 valence electrons. The summed E-state index contributed by atoms with van der Waals surface area (Å²) < 4.78 is 1.87. The lowest BCUT2D eigenvalue weighted by Gasteiger charge is -2.12. The maximum atomic E-state index is 9.96. The molecule has 0 aliphatic carbocycles. The van der Waals surface area contributed by atoms with Gasteiger partial charge in [-0.2, -0.15) is 9.97 Å². The van der Waals surface area contributed by atoms with E-state index in [4.69, 9.17) is 5.73 Å². The van der Waals surface area contributed by atoms with Gasteiger partial charge in [-0.25, -0.2) is 4.98 Å². The molecule has 22 heavy (non-hydrogen) atoms. The summed E-state index contributed by atoms with van der Waals surface area (Å²) in [5, 5.41) is 22.1. The van der Waals surface area contributed by atoms with Crippen LogP contribution in [0.5, 0.6) is 0 Å². The van der Waals surface area contributed by atoms with Gasteiger partial charge in [0.2, 0.25) is 5.95 Å². The number of hydrogen-bond acceptors (Lipinski definition) is 8. The average Bonchev–Trinajstić information content (AvgIpc) is 3.07. The fourth-order valence-corrected chi connectivity index (χ4v) is 3.86. The van der Waals surface area contributed by atoms with Gasteiger partial charge in [0.15, 0.2) is 17.0 Å². The standard InChI is InChI=1S/C13H18N6O2S/c1-2-3-15-11-10-12(18-13(14)17-11)19(6-16-10)9-4-7(21)8(5-20)22-9/h2,6-9,20-21H,1,3-5H2,(H3,14,15,17,18)/t7-,8+,9+/m0/s1. The van der Waals surface area contributed by atoms with Crippen molar-refractivity contribution in [2.45, 2.75) is 23.1 Å². The van der Waals surface area contributed by atoms with Crippen LogP contribution in [-0.2, 0) is 0 Å². The number of nitrogens with zero attached hydrogens (tertiary/aromatic N) is 4. The van der Waals surface area contributed by atoms with E-state index in [2.05, 4.69) is 26.8 Å². The van der Waals surface area contributed by atoms with Crippen molar-refractivity contribution in [1.82, 2.24) is 19.5 Å². The highest BCUT2D eigenvalue weighted by Crippen LogP contribution is 2.42. The van der Waals surface area contributed by atoms with E-state index in [1.54, 1.807) is 12.4 Å². The van der Waals surface area contributed by atoms with Crippen LogP contribution < -0.4 is 11.1 Å². The van der Waals surface area contributed by atoms with Gasteiger partial charge in [0.05, 0.1) is 29.7 Å². The highest BCUT2D eigenvalue weighted by molar-refractivity contribution is 8.00. The first-order valence-corrected chi connectivity index (χ1v) is 7.87. The molecule has 1 aliphatic heterocycles. The number of anilines is 2. The third-order valence-corrected chi connectivity index (χ3v) is 5.09. The lowest BCUT2D eigenvalue weighted by molar-refractivity contribution is 0.138. The van der Waals surface area contributed by atoms with Crippen LogP contribution in [0.15, 0.2) is 19.0 Å². The van der Waals surface area contributed by atoms with Crippen molar-refractivity contribution in [1.29, 1.82) is 0 Å². The zero-order valence-electron chi connectivity index (χ0n) is 11.9. The van der Waals surface area contributed by atoms with Crippen molar-refractivity contribution in [3.8, 4) is 0 Å². The topological polar surface area (TPSA) is 122 Å². The summed E-state index contributed by atoms with van der Waals surface area (Å²) in [6, 6.07) is 0. The van der Waals surface area contributed by atoms with Crippen LogP contribution in [0.3, 0.4) is 0 Å². The number of rotatable bonds is 5. The summed E-state index contributed by atoms with van der Waals surface area (Å²) in [6.07, 6.45) is 3.37. The molecule has 1 aliphatic rings. The summed E-state index contributed by atoms with van der Waals surface area (Å²) in [4.78, 5) is 12.8. The number of nitrogen functional groups attached to an aromatic ring is 1. The van der Waals surface area contributed by atoms with Crippen molar-refractivity contribution in [3.63, 3.8) is 0 Å². The second-order valence-corrected chi connectivity index (χ2v) is 6.46. The summed E-state index contributed by atoms with van der Waals surface area (Å²) in [6.45, 7) is 4.14. The van der Waals surface area contributed by atoms with E-state index in [0.29, 0.717) is 29.9 Å². The molecule has 2 aromatic rings. The second kappa shape index (κ2) is 6.11. The van der Waals surface area contributed by atoms with Crippen LogP contribution in [0.1, 0.15) is 11.8 Å². The monoisotopic (exact) mass is 322 g/mol. The van der Waals surface area contributed by atoms with E-state index in [1.807, 2.05) is 4.57 Å². The molecule has 3 heterocycles. The normalized spacial score (nSPS) is 24.7. The van der Waals surface area contributed by atoms with Crippen LogP contribution in [0, 0.1) is 0 Å². The maximum absolute atomic E-state index is 9.96. The van der Waals surface area contributed by atoms with Gasteiger partial charge in [0, 0.05) is 13.0 Å². The molecular weight excluding hydrogens is 304 g/mol. The molecule has 0 saturated carbocycles. The van der Waals surface area contributed by atoms with Crippen LogP contribution in [0.25, 0.3) is 11.2 Å². The first-order valence-electron chi connectivity index (χ1n) is 6.93. The molecule has 0 amide bonds. The fraction of sp³-hybridized carbons (Fsp3) is 0.462. The molecule has 0 radical (unpaired) electrons. The highest BCUT2D eigenvalue weighted by Gasteiger charge is 2.35. The Hall–Kier alpha value is -1.84. The molecule has 0 spiro atoms. The number of nitrogens with two attached hydrogens (primary N) is 1. The van der Waals surface area contributed by atoms with Gasteiger partial charge < -0.3 is 25.8 Å². The van der Waals surface area contributed by atoms with Gasteiger partial charge in [0.1, 0.15) is 0 Å². The summed E-state index contributed by atoms with van der Waals surface area (Å²) in [5.74, 6) is 0.714. The maximum Gasteiger partial charge on any atom is 0.224 e. The van der Waals surface area contributed by atoms with E-state index < -0.39 is 6.10 Å². The van der Waals surface area contributed by atoms with Gasteiger partial charge >= 0.3 is 0 Å². The lowest BCUT2D eigenvalue weighted by Crippen LogP contribution is -2.20. The van der Waals surface area contributed by atoms with E-state index in [0.717, 1.165) is 0 Å². The quantitative estimate of drug-likeness (QED) is 0.582. The number of aliphatic hydroxyl groups is 2. The Bertz CT molecular complexity index is 690. The third kappa shape index (κ3) is 2.62. The first kappa shape index (κ1) is 15.1. The van der Waals surface area contributed by atoms with Gasteiger partial charge in [-0.3, -0.25) is 0 Å². The fourth-order valence-electron chi connectivity index (χ4n) is 2.49. The molecular formula is C13H18N6O2S. The number of imidazole rings is 1. The molecule has 9 heteroatoms. The minimum Gasteiger partial charge on any atom is -0.395 e. The molecule has 0 aromatic carbocycles. The Kier molecular flexibility index (Phi) is 4.19. The minimum atomic E-state index is -0.546. The van der Waals surface area contributed by atoms with Gasteiger partial charge in [-0.05, 0) is 0 Å². The van der Waals surface area contributed by atoms with Crippen molar-refractivity contribution in [2.24, 2.45) is 0 Å². The molecule has 1 saturated heterocycles. The van der Waals surface area contributed by atoms with Gasteiger partial charge in [-0.15, -0.1) is 18.3 Å². The zero-order chi connectivity index (χ0) is 15.7. The van der Waals surface area contributed by atoms with E-state index in [9.17, 15) is 10.2 Å². The van der Waals surface area contributed by atoms with Crippen LogP contribution in [0.4, 0.5) is 11.8 Å². The average molecular weight is 322 g/mol. The van der Waals surface area contributed by atoms with Gasteiger partial charge in [0.25, 0.3) is 0 Å². The van der Waals surface area contributed by atoms with Crippen LogP contribution in [0.2, 0.25) is 0 Å². The minimum absolute atomic E-state index is 0.0429. The van der Waals surface area contributed by atoms with Crippen molar-refractivity contribution < 1.29 is 10.2 Å². The number of thioether (sulfide) groups is 1. The molecule has 3 atom stereocenters. The highest BCUT2D eigenvalue weighted by atomic mass is 32.2. The Balaban J connectivity index is 1.98. The number of aromatic nitrogens is 4. The second-order valence-electron chi connectivity index (χ2n) is 5.04. The van der Waals surface area contributed by atoms with Crippen molar-refractivity contribution in [3.05, 3.63) is 19.0 Å². The van der Waals surface area contributed by atoms with E-state index in [-0.39, 0.29) is 23.2 Å². The molecule has 8 nitrogen and oxygen atoms in total. The van der Waals surface area contributed by atoms with E-state index >= 15 is 0 Å². The largest absolute Gasteiger partial charge is 0.395 e. The summed E-state index contributed by atoms with van der Waals surface area (Å²) in [7, 11) is 0. The lowest BCUT2D eigenvalue weighted by atomic mass is 10.2. The molecule has 3 rings (SSSR count). The Morgan fingerprint density at radius 2 is 2.36 bits per heavy atom. The first-order chi connectivity index (χ1) is 10.6. The Morgan fingerprint density at radius 3 is 3.05 bits per heavy atom. The molecule has 0 unspecified atom stereocenters. The SMILES string of the molecule is C=CCNc1nc(N)nc2c1ncn2[C@H]1C[C@H](O)[C@@H](CO)S1. The number of hydrogen-bond donors (Lipinski definition) is 4. The summed E-state index contributed by atoms with van der Waals surface area (Å²) in [5.41, 5.74) is 7.02. The molecule has 5 N–H and O–H groups in total. The Morgan fingerprint density at radius 1 is 1.55 bits per heavy atom. The number of fused-ring (bicyclic) bond motifs is 1. The van der Waals surface area contributed by atoms with Gasteiger partial charge in [-0.1, -0.05) is 6.08 Å².